The maximum Gasteiger partial charge on any atom is 0.207 e. The number of aryl methyl sites for hydroxylation is 2. The molecule has 0 saturated heterocycles. The van der Waals surface area contributed by atoms with Crippen LogP contribution in [0.5, 0.6) is 0 Å². The molecule has 2 N–H and O–H groups in total. The van der Waals surface area contributed by atoms with Gasteiger partial charge in [0.1, 0.15) is 5.52 Å². The highest BCUT2D eigenvalue weighted by molar-refractivity contribution is 9.10. The summed E-state index contributed by atoms with van der Waals surface area (Å²) in [6.07, 6.45) is 1.89. The molecule has 0 atom stereocenters. The second kappa shape index (κ2) is 5.35. The highest BCUT2D eigenvalue weighted by atomic mass is 79.9. The smallest absolute Gasteiger partial charge is 0.207 e. The second-order valence-electron chi connectivity index (χ2n) is 4.89. The number of hydrogen-bond acceptors (Lipinski definition) is 3. The number of rotatable bonds is 3. The number of hydrogen-bond donors (Lipinski definition) is 1. The van der Waals surface area contributed by atoms with Crippen LogP contribution >= 0.6 is 27.5 Å². The molecule has 0 aliphatic heterocycles. The largest absolute Gasteiger partial charge is 0.369 e. The van der Waals surface area contributed by atoms with E-state index in [0.717, 1.165) is 39.9 Å². The van der Waals surface area contributed by atoms with Crippen LogP contribution in [0.4, 0.5) is 5.95 Å². The summed E-state index contributed by atoms with van der Waals surface area (Å²) in [5.74, 6) is 0.429. The first-order valence-corrected chi connectivity index (χ1v) is 7.85. The van der Waals surface area contributed by atoms with Gasteiger partial charge in [-0.15, -0.1) is 0 Å². The van der Waals surface area contributed by atoms with Crippen LogP contribution in [0.25, 0.3) is 16.9 Å². The number of imidazole rings is 1. The molecule has 2 heterocycles. The van der Waals surface area contributed by atoms with E-state index < -0.39 is 0 Å². The van der Waals surface area contributed by atoms with Crippen molar-refractivity contribution < 1.29 is 0 Å². The van der Waals surface area contributed by atoms with Gasteiger partial charge in [0.2, 0.25) is 5.95 Å². The van der Waals surface area contributed by atoms with Gasteiger partial charge in [-0.2, -0.15) is 5.10 Å². The number of nitrogens with zero attached hydrogens (tertiary/aromatic N) is 4. The minimum absolute atomic E-state index is 0.429. The first-order valence-electron chi connectivity index (χ1n) is 6.68. The van der Waals surface area contributed by atoms with Crippen molar-refractivity contribution in [3.8, 4) is 5.69 Å². The van der Waals surface area contributed by atoms with Gasteiger partial charge in [0.25, 0.3) is 0 Å². The number of aromatic nitrogens is 4. The average molecular weight is 369 g/mol. The Hall–Kier alpha value is -1.53. The van der Waals surface area contributed by atoms with Crippen LogP contribution in [0.2, 0.25) is 5.02 Å². The second-order valence-corrected chi connectivity index (χ2v) is 6.18. The minimum Gasteiger partial charge on any atom is -0.369 e. The van der Waals surface area contributed by atoms with E-state index in [1.54, 1.807) is 0 Å². The predicted octanol–water partition coefficient (Wildman–Crippen LogP) is 3.71. The van der Waals surface area contributed by atoms with Crippen molar-refractivity contribution in [1.82, 2.24) is 19.3 Å². The quantitative estimate of drug-likeness (QED) is 0.766. The summed E-state index contributed by atoms with van der Waals surface area (Å²) < 4.78 is 4.59. The zero-order valence-corrected chi connectivity index (χ0v) is 14.1. The molecule has 0 fully saturated rings. The van der Waals surface area contributed by atoms with Crippen LogP contribution < -0.4 is 5.73 Å². The molecular weight excluding hydrogens is 354 g/mol. The molecule has 1 aromatic carbocycles. The van der Waals surface area contributed by atoms with E-state index in [1.807, 2.05) is 34.5 Å². The average Bonchev–Trinajstić information content (AvgIpc) is 2.91. The van der Waals surface area contributed by atoms with E-state index in [2.05, 4.69) is 32.9 Å². The Labute approximate surface area is 135 Å². The van der Waals surface area contributed by atoms with Gasteiger partial charge in [0.05, 0.1) is 11.4 Å². The summed E-state index contributed by atoms with van der Waals surface area (Å²) in [6, 6.07) is 5.58. The van der Waals surface area contributed by atoms with Crippen molar-refractivity contribution in [3.05, 3.63) is 33.4 Å². The lowest BCUT2D eigenvalue weighted by atomic mass is 10.2. The molecule has 3 aromatic rings. The molecule has 0 bridgehead atoms. The van der Waals surface area contributed by atoms with Crippen molar-refractivity contribution >= 4 is 44.6 Å². The van der Waals surface area contributed by atoms with E-state index in [1.165, 1.54) is 0 Å². The molecule has 0 amide bonds. The Morgan fingerprint density at radius 2 is 2.14 bits per heavy atom. The van der Waals surface area contributed by atoms with Crippen LogP contribution in [0.1, 0.15) is 19.0 Å². The summed E-state index contributed by atoms with van der Waals surface area (Å²) in [5.41, 5.74) is 9.68. The van der Waals surface area contributed by atoms with E-state index >= 15 is 0 Å². The standard InChI is InChI=1S/C14H15BrClN5/c1-3-4-10-12-13(20(2)19-10)21(14(17)18-12)11-7-8(16)5-6-9(11)15/h5-7H,3-4H2,1-2H3,(H2,17,18). The van der Waals surface area contributed by atoms with Gasteiger partial charge >= 0.3 is 0 Å². The zero-order chi connectivity index (χ0) is 15.1. The third-order valence-electron chi connectivity index (χ3n) is 3.37. The highest BCUT2D eigenvalue weighted by Gasteiger charge is 2.19. The first kappa shape index (κ1) is 14.4. The molecule has 0 aliphatic rings. The lowest BCUT2D eigenvalue weighted by Gasteiger charge is -2.09. The van der Waals surface area contributed by atoms with Crippen LogP contribution in [0.3, 0.4) is 0 Å². The Kier molecular flexibility index (Phi) is 3.67. The van der Waals surface area contributed by atoms with Crippen LogP contribution in [-0.4, -0.2) is 19.3 Å². The fourth-order valence-corrected chi connectivity index (χ4v) is 3.09. The number of nitrogens with two attached hydrogens (primary N) is 1. The Morgan fingerprint density at radius 3 is 2.86 bits per heavy atom. The molecular formula is C14H15BrClN5. The molecule has 0 radical (unpaired) electrons. The van der Waals surface area contributed by atoms with Crippen LogP contribution in [0, 0.1) is 0 Å². The number of benzene rings is 1. The van der Waals surface area contributed by atoms with Crippen LogP contribution in [-0.2, 0) is 13.5 Å². The van der Waals surface area contributed by atoms with Crippen molar-refractivity contribution in [2.24, 2.45) is 7.05 Å². The monoisotopic (exact) mass is 367 g/mol. The van der Waals surface area contributed by atoms with Crippen molar-refractivity contribution in [2.75, 3.05) is 5.73 Å². The number of fused-ring (bicyclic) bond motifs is 1. The molecule has 0 saturated carbocycles. The molecule has 0 spiro atoms. The third kappa shape index (κ3) is 2.32. The minimum atomic E-state index is 0.429. The van der Waals surface area contributed by atoms with Gasteiger partial charge in [-0.05, 0) is 40.5 Å². The van der Waals surface area contributed by atoms with E-state index in [9.17, 15) is 0 Å². The Morgan fingerprint density at radius 1 is 1.38 bits per heavy atom. The van der Waals surface area contributed by atoms with Crippen molar-refractivity contribution in [2.45, 2.75) is 19.8 Å². The summed E-state index contributed by atoms with van der Waals surface area (Å²) in [6.45, 7) is 2.12. The van der Waals surface area contributed by atoms with Gasteiger partial charge < -0.3 is 5.73 Å². The first-order chi connectivity index (χ1) is 10.0. The number of anilines is 1. The number of nitrogen functional groups attached to an aromatic ring is 1. The molecule has 5 nitrogen and oxygen atoms in total. The zero-order valence-electron chi connectivity index (χ0n) is 11.8. The van der Waals surface area contributed by atoms with Gasteiger partial charge in [-0.3, -0.25) is 4.57 Å². The lowest BCUT2D eigenvalue weighted by molar-refractivity contribution is 0.737. The summed E-state index contributed by atoms with van der Waals surface area (Å²) in [5, 5.41) is 5.19. The number of halogens is 2. The van der Waals surface area contributed by atoms with E-state index in [0.29, 0.717) is 11.0 Å². The molecule has 7 heteroatoms. The molecule has 110 valence electrons. The Balaban J connectivity index is 2.32. The summed E-state index contributed by atoms with van der Waals surface area (Å²) in [7, 11) is 1.90. The SMILES string of the molecule is CCCc1nn(C)c2c1nc(N)n2-c1cc(Cl)ccc1Br. The maximum atomic E-state index is 6.13. The third-order valence-corrected chi connectivity index (χ3v) is 4.27. The van der Waals surface area contributed by atoms with Crippen molar-refractivity contribution in [3.63, 3.8) is 0 Å². The molecule has 0 unspecified atom stereocenters. The maximum absolute atomic E-state index is 6.13. The van der Waals surface area contributed by atoms with Gasteiger partial charge in [0, 0.05) is 16.5 Å². The highest BCUT2D eigenvalue weighted by Crippen LogP contribution is 2.31. The van der Waals surface area contributed by atoms with Crippen LogP contribution in [0.15, 0.2) is 22.7 Å². The topological polar surface area (TPSA) is 61.7 Å². The van der Waals surface area contributed by atoms with Crippen molar-refractivity contribution in [1.29, 1.82) is 0 Å². The van der Waals surface area contributed by atoms with E-state index in [-0.39, 0.29) is 0 Å². The van der Waals surface area contributed by atoms with Gasteiger partial charge in [-0.25, -0.2) is 9.67 Å². The van der Waals surface area contributed by atoms with Gasteiger partial charge in [0.15, 0.2) is 5.65 Å². The summed E-state index contributed by atoms with van der Waals surface area (Å²) >= 11 is 9.66. The molecule has 2 aromatic heterocycles. The Bertz CT molecular complexity index is 820. The predicted molar refractivity (Wildman–Crippen MR) is 89.0 cm³/mol. The van der Waals surface area contributed by atoms with Gasteiger partial charge in [-0.1, -0.05) is 24.9 Å². The lowest BCUT2D eigenvalue weighted by Crippen LogP contribution is -2.05. The normalized spacial score (nSPS) is 11.4. The molecule has 21 heavy (non-hydrogen) atoms. The fraction of sp³-hybridized carbons (Fsp3) is 0.286. The summed E-state index contributed by atoms with van der Waals surface area (Å²) in [4.78, 5) is 4.49. The molecule has 0 aliphatic carbocycles. The fourth-order valence-electron chi connectivity index (χ4n) is 2.50. The molecule has 3 rings (SSSR count). The van der Waals surface area contributed by atoms with E-state index in [4.69, 9.17) is 17.3 Å².